The van der Waals surface area contributed by atoms with Crippen molar-refractivity contribution in [3.63, 3.8) is 0 Å². The molecule has 196 valence electrons. The monoisotopic (exact) mass is 526 g/mol. The van der Waals surface area contributed by atoms with Crippen molar-refractivity contribution in [1.29, 1.82) is 0 Å². The van der Waals surface area contributed by atoms with E-state index in [0.29, 0.717) is 24.1 Å². The Balaban J connectivity index is 1.86. The van der Waals surface area contributed by atoms with Gasteiger partial charge in [0.15, 0.2) is 5.52 Å². The van der Waals surface area contributed by atoms with Gasteiger partial charge in [-0.1, -0.05) is 20.2 Å². The molecule has 1 saturated heterocycles. The second kappa shape index (κ2) is 11.1. The van der Waals surface area contributed by atoms with Gasteiger partial charge in [-0.15, -0.1) is 0 Å². The van der Waals surface area contributed by atoms with Crippen LogP contribution < -0.4 is 15.0 Å². The van der Waals surface area contributed by atoms with Gasteiger partial charge in [-0.2, -0.15) is 5.10 Å². The molecule has 1 fully saturated rings. The molecule has 2 N–H and O–H groups in total. The Morgan fingerprint density at radius 3 is 2.94 bits per heavy atom. The van der Waals surface area contributed by atoms with Crippen molar-refractivity contribution >= 4 is 21.1 Å². The van der Waals surface area contributed by atoms with Gasteiger partial charge < -0.3 is 14.6 Å². The standard InChI is InChI=1S/C25H36N6O4S/c1-5-8-20-22-23(31(4)29-20)25(32)28-24(27-22)19-16-18(10-11-21(19)35-15-6-2)36(33,34)26-13-12-17-9-7-14-30(17)3/h10-11,16-17,26H,5-9,12-15H2,1-4H3,(H,27,28,32)/i1D3,4D3,8D2,12D2. The van der Waals surface area contributed by atoms with E-state index in [0.717, 1.165) is 12.5 Å². The van der Waals surface area contributed by atoms with Gasteiger partial charge >= 0.3 is 0 Å². The smallest absolute Gasteiger partial charge is 0.277 e. The SMILES string of the molecule is [2H]C([2H])([2H])CC([2H])([2H])c1nn(C([2H])([2H])[2H])c2c(=O)[nH]c(-c3cc(S(=O)(=O)NCC([2H])([2H])C4CCCN4C)ccc3OCCC)nc12. The molecule has 36 heavy (non-hydrogen) atoms. The quantitative estimate of drug-likeness (QED) is 0.394. The number of sulfonamides is 1. The summed E-state index contributed by atoms with van der Waals surface area (Å²) < 4.78 is 115. The fourth-order valence-corrected chi connectivity index (χ4v) is 5.02. The molecule has 4 rings (SSSR count). The summed E-state index contributed by atoms with van der Waals surface area (Å²) in [5, 5.41) is 3.80. The van der Waals surface area contributed by atoms with Crippen LogP contribution in [0, 0.1) is 0 Å². The molecule has 1 aliphatic rings. The van der Waals surface area contributed by atoms with E-state index in [1.54, 1.807) is 7.05 Å². The highest BCUT2D eigenvalue weighted by Crippen LogP contribution is 2.31. The van der Waals surface area contributed by atoms with E-state index in [9.17, 15) is 13.2 Å². The third kappa shape index (κ3) is 5.47. The van der Waals surface area contributed by atoms with Crippen LogP contribution in [-0.2, 0) is 23.4 Å². The molecule has 0 saturated carbocycles. The fraction of sp³-hybridized carbons (Fsp3) is 0.560. The highest BCUT2D eigenvalue weighted by molar-refractivity contribution is 7.89. The Morgan fingerprint density at radius 2 is 2.22 bits per heavy atom. The van der Waals surface area contributed by atoms with Crippen molar-refractivity contribution in [2.45, 2.75) is 63.1 Å². The van der Waals surface area contributed by atoms with E-state index in [1.807, 2.05) is 11.8 Å². The van der Waals surface area contributed by atoms with Crippen LogP contribution in [0.25, 0.3) is 22.4 Å². The van der Waals surface area contributed by atoms with Gasteiger partial charge in [0.1, 0.15) is 17.1 Å². The summed E-state index contributed by atoms with van der Waals surface area (Å²) in [7, 11) is -2.55. The average Bonchev–Trinajstić information content (AvgIpc) is 3.54. The number of nitrogens with zero attached hydrogens (tertiary/aromatic N) is 4. The molecule has 1 aromatic carbocycles. The normalized spacial score (nSPS) is 22.3. The van der Waals surface area contributed by atoms with E-state index in [4.69, 9.17) is 18.4 Å². The zero-order chi connectivity index (χ0) is 34.5. The first-order valence-corrected chi connectivity index (χ1v) is 13.1. The summed E-state index contributed by atoms with van der Waals surface area (Å²) in [5.41, 5.74) is -2.96. The van der Waals surface area contributed by atoms with E-state index >= 15 is 0 Å². The van der Waals surface area contributed by atoms with Crippen LogP contribution >= 0.6 is 0 Å². The van der Waals surface area contributed by atoms with E-state index in [1.165, 1.54) is 12.1 Å². The highest BCUT2D eigenvalue weighted by Gasteiger charge is 2.23. The second-order valence-corrected chi connectivity index (χ2v) is 10.2. The van der Waals surface area contributed by atoms with Crippen molar-refractivity contribution in [3.8, 4) is 17.1 Å². The lowest BCUT2D eigenvalue weighted by molar-refractivity contribution is 0.297. The third-order valence-electron chi connectivity index (χ3n) is 5.89. The zero-order valence-corrected chi connectivity index (χ0v) is 20.9. The lowest BCUT2D eigenvalue weighted by atomic mass is 10.1. The van der Waals surface area contributed by atoms with Crippen LogP contribution in [0.15, 0.2) is 27.9 Å². The summed E-state index contributed by atoms with van der Waals surface area (Å²) in [6.07, 6.45) is -3.77. The molecule has 0 spiro atoms. The van der Waals surface area contributed by atoms with Crippen LogP contribution in [0.3, 0.4) is 0 Å². The second-order valence-electron chi connectivity index (χ2n) is 8.40. The number of aromatic amines is 1. The topological polar surface area (TPSA) is 122 Å². The number of H-pyrrole nitrogens is 1. The molecular weight excluding hydrogens is 480 g/mol. The maximum Gasteiger partial charge on any atom is 0.277 e. The van der Waals surface area contributed by atoms with Crippen LogP contribution in [0.1, 0.15) is 65.2 Å². The number of rotatable bonds is 11. The molecule has 0 bridgehead atoms. The van der Waals surface area contributed by atoms with Crippen LogP contribution in [0.2, 0.25) is 0 Å². The van der Waals surface area contributed by atoms with E-state index < -0.39 is 77.9 Å². The minimum Gasteiger partial charge on any atom is -0.493 e. The number of likely N-dealkylation sites (tertiary alicyclic amines) is 1. The molecule has 11 heteroatoms. The predicted molar refractivity (Wildman–Crippen MR) is 140 cm³/mol. The lowest BCUT2D eigenvalue weighted by Crippen LogP contribution is -2.31. The number of hydrogen-bond acceptors (Lipinski definition) is 7. The number of hydrogen-bond donors (Lipinski definition) is 2. The van der Waals surface area contributed by atoms with Crippen molar-refractivity contribution in [2.75, 3.05) is 26.7 Å². The Kier molecular flexibility index (Phi) is 4.98. The summed E-state index contributed by atoms with van der Waals surface area (Å²) in [4.78, 5) is 21.6. The van der Waals surface area contributed by atoms with Crippen LogP contribution in [0.5, 0.6) is 5.75 Å². The molecular formula is C25H36N6O4S. The summed E-state index contributed by atoms with van der Waals surface area (Å²) in [6.45, 7) is -3.65. The van der Waals surface area contributed by atoms with Gasteiger partial charge in [0, 0.05) is 33.3 Å². The van der Waals surface area contributed by atoms with Crippen molar-refractivity contribution in [2.24, 2.45) is 6.98 Å². The molecule has 0 radical (unpaired) electrons. The first-order valence-electron chi connectivity index (χ1n) is 16.6. The first-order chi connectivity index (χ1) is 21.1. The number of aryl methyl sites for hydroxylation is 2. The maximum absolute atomic E-state index is 13.4. The molecule has 3 heterocycles. The Labute approximate surface area is 226 Å². The fourth-order valence-electron chi connectivity index (χ4n) is 4.06. The molecule has 1 atom stereocenters. The third-order valence-corrected chi connectivity index (χ3v) is 7.28. The van der Waals surface area contributed by atoms with Gasteiger partial charge in [0.25, 0.3) is 5.56 Å². The van der Waals surface area contributed by atoms with Gasteiger partial charge in [-0.3, -0.25) is 9.48 Å². The summed E-state index contributed by atoms with van der Waals surface area (Å²) in [5.74, 6) is -0.235. The lowest BCUT2D eigenvalue weighted by Gasteiger charge is -2.19. The van der Waals surface area contributed by atoms with Gasteiger partial charge in [0.05, 0.1) is 22.8 Å². The largest absolute Gasteiger partial charge is 0.493 e. The number of benzene rings is 1. The number of aromatic nitrogens is 4. The van der Waals surface area contributed by atoms with E-state index in [2.05, 4.69) is 19.8 Å². The number of fused-ring (bicyclic) bond motifs is 1. The van der Waals surface area contributed by atoms with E-state index in [-0.39, 0.29) is 28.6 Å². The van der Waals surface area contributed by atoms with Gasteiger partial charge in [0.2, 0.25) is 10.0 Å². The summed E-state index contributed by atoms with van der Waals surface area (Å²) >= 11 is 0. The van der Waals surface area contributed by atoms with Crippen molar-refractivity contribution in [1.82, 2.24) is 29.4 Å². The minimum atomic E-state index is -4.33. The molecule has 10 nitrogen and oxygen atoms in total. The van der Waals surface area contributed by atoms with Crippen LogP contribution in [-0.4, -0.2) is 65.9 Å². The first kappa shape index (κ1) is 16.2. The Morgan fingerprint density at radius 1 is 1.36 bits per heavy atom. The molecule has 3 aromatic rings. The minimum absolute atomic E-state index is 0.0576. The molecule has 1 aliphatic heterocycles. The molecule has 0 amide bonds. The average molecular weight is 527 g/mol. The Bertz CT molecular complexity index is 1750. The van der Waals surface area contributed by atoms with Gasteiger partial charge in [-0.05, 0) is 63.8 Å². The van der Waals surface area contributed by atoms with Crippen LogP contribution in [0.4, 0.5) is 0 Å². The highest BCUT2D eigenvalue weighted by atomic mass is 32.2. The van der Waals surface area contributed by atoms with Crippen molar-refractivity contribution < 1.29 is 26.9 Å². The molecule has 2 aromatic heterocycles. The number of nitrogens with one attached hydrogen (secondary N) is 2. The molecule has 0 aliphatic carbocycles. The predicted octanol–water partition coefficient (Wildman–Crippen LogP) is 2.83. The molecule has 1 unspecified atom stereocenters. The summed E-state index contributed by atoms with van der Waals surface area (Å²) in [6, 6.07) is 3.22. The van der Waals surface area contributed by atoms with Crippen molar-refractivity contribution in [3.05, 3.63) is 34.2 Å². The van der Waals surface area contributed by atoms with Gasteiger partial charge in [-0.25, -0.2) is 18.1 Å². The Hall–Kier alpha value is -2.76. The zero-order valence-electron chi connectivity index (χ0n) is 30.1. The number of ether oxygens (including phenoxy) is 1. The maximum atomic E-state index is 13.4.